The molecule has 4 unspecified atom stereocenters. The van der Waals surface area contributed by atoms with Crippen molar-refractivity contribution in [2.24, 2.45) is 17.6 Å². The first-order valence-electron chi connectivity index (χ1n) is 10.4. The summed E-state index contributed by atoms with van der Waals surface area (Å²) in [5.41, 5.74) is 6.00. The van der Waals surface area contributed by atoms with E-state index in [1.807, 2.05) is 6.26 Å². The van der Waals surface area contributed by atoms with Crippen LogP contribution in [0.5, 0.6) is 0 Å². The highest BCUT2D eigenvalue weighted by Gasteiger charge is 2.38. The molecule has 0 bridgehead atoms. The highest BCUT2D eigenvalue weighted by molar-refractivity contribution is 7.98. The van der Waals surface area contributed by atoms with Gasteiger partial charge in [-0.1, -0.05) is 27.7 Å². The molecular weight excluding hydrogens is 408 g/mol. The Bertz CT molecular complexity index is 628. The molecule has 172 valence electrons. The maximum absolute atomic E-state index is 12.9. The average molecular weight is 445 g/mol. The summed E-state index contributed by atoms with van der Waals surface area (Å²) in [6.07, 6.45) is 3.66. The number of hydrogen-bond acceptors (Lipinski definition) is 6. The third-order valence-corrected chi connectivity index (χ3v) is 5.91. The van der Waals surface area contributed by atoms with Crippen LogP contribution in [0.1, 0.15) is 47.0 Å². The lowest BCUT2D eigenvalue weighted by atomic mass is 9.99. The minimum absolute atomic E-state index is 0.252. The number of nitrogens with one attached hydrogen (secondary N) is 2. The molecule has 1 aliphatic heterocycles. The number of carboxylic acids is 1. The Morgan fingerprint density at radius 2 is 1.70 bits per heavy atom. The predicted molar refractivity (Wildman–Crippen MR) is 117 cm³/mol. The molecule has 0 aromatic rings. The van der Waals surface area contributed by atoms with Crippen molar-refractivity contribution in [3.8, 4) is 0 Å². The molecule has 0 spiro atoms. The van der Waals surface area contributed by atoms with Crippen LogP contribution in [0.3, 0.4) is 0 Å². The monoisotopic (exact) mass is 444 g/mol. The number of nitrogens with zero attached hydrogens (tertiary/aromatic N) is 1. The van der Waals surface area contributed by atoms with Gasteiger partial charge in [0.05, 0.1) is 6.04 Å². The molecule has 0 radical (unpaired) electrons. The van der Waals surface area contributed by atoms with E-state index >= 15 is 0 Å². The Hall–Kier alpha value is -1.81. The lowest BCUT2D eigenvalue weighted by Crippen LogP contribution is -2.58. The molecule has 1 heterocycles. The molecule has 30 heavy (non-hydrogen) atoms. The largest absolute Gasteiger partial charge is 0.480 e. The topological polar surface area (TPSA) is 142 Å². The second-order valence-corrected chi connectivity index (χ2v) is 9.36. The van der Waals surface area contributed by atoms with Crippen LogP contribution in [0.4, 0.5) is 0 Å². The van der Waals surface area contributed by atoms with Gasteiger partial charge in [-0.25, -0.2) is 4.79 Å². The van der Waals surface area contributed by atoms with Gasteiger partial charge in [0.2, 0.25) is 17.7 Å². The van der Waals surface area contributed by atoms with Crippen LogP contribution in [0.25, 0.3) is 0 Å². The second-order valence-electron chi connectivity index (χ2n) is 8.38. The fourth-order valence-electron chi connectivity index (χ4n) is 3.43. The van der Waals surface area contributed by atoms with E-state index in [-0.39, 0.29) is 17.7 Å². The van der Waals surface area contributed by atoms with Crippen molar-refractivity contribution in [1.29, 1.82) is 0 Å². The summed E-state index contributed by atoms with van der Waals surface area (Å²) in [4.78, 5) is 51.2. The number of carboxylic acid groups (broad SMARTS) is 1. The fourth-order valence-corrected chi connectivity index (χ4v) is 3.92. The van der Waals surface area contributed by atoms with Crippen LogP contribution in [-0.2, 0) is 19.2 Å². The zero-order valence-corrected chi connectivity index (χ0v) is 19.3. The molecule has 1 rings (SSSR count). The van der Waals surface area contributed by atoms with Gasteiger partial charge in [-0.3, -0.25) is 14.4 Å². The summed E-state index contributed by atoms with van der Waals surface area (Å²) in [6, 6.07) is -3.28. The molecule has 3 amide bonds. The molecule has 1 aliphatic rings. The van der Waals surface area contributed by atoms with Crippen LogP contribution in [-0.4, -0.2) is 76.4 Å². The Balaban J connectivity index is 2.85. The van der Waals surface area contributed by atoms with Crippen molar-refractivity contribution in [1.82, 2.24) is 15.5 Å². The van der Waals surface area contributed by atoms with Crippen LogP contribution < -0.4 is 16.4 Å². The normalized spacial score (nSPS) is 19.5. The van der Waals surface area contributed by atoms with Gasteiger partial charge in [0.15, 0.2) is 0 Å². The molecule has 5 N–H and O–H groups in total. The maximum atomic E-state index is 12.9. The highest BCUT2D eigenvalue weighted by Crippen LogP contribution is 2.20. The number of likely N-dealkylation sites (tertiary alicyclic amines) is 1. The summed E-state index contributed by atoms with van der Waals surface area (Å²) in [7, 11) is 0. The van der Waals surface area contributed by atoms with Gasteiger partial charge in [0.1, 0.15) is 18.1 Å². The zero-order valence-electron chi connectivity index (χ0n) is 18.5. The number of aliphatic carboxylic acids is 1. The standard InChI is InChI=1S/C20H36N4O5S/c1-11(2)15(18(26)23-16(12(3)4)20(28)29)22-17(25)14-7-6-9-24(14)19(27)13(21)8-10-30-5/h11-16H,6-10,21H2,1-5H3,(H,22,25)(H,23,26)(H,28,29). The summed E-state index contributed by atoms with van der Waals surface area (Å²) in [6.45, 7) is 7.39. The molecular formula is C20H36N4O5S. The van der Waals surface area contributed by atoms with E-state index in [2.05, 4.69) is 10.6 Å². The van der Waals surface area contributed by atoms with Crippen molar-refractivity contribution in [3.63, 3.8) is 0 Å². The Kier molecular flexibility index (Phi) is 10.6. The third kappa shape index (κ3) is 7.16. The van der Waals surface area contributed by atoms with E-state index in [1.54, 1.807) is 39.5 Å². The SMILES string of the molecule is CSCCC(N)C(=O)N1CCCC1C(=O)NC(C(=O)NC(C(=O)O)C(C)C)C(C)C. The van der Waals surface area contributed by atoms with Crippen molar-refractivity contribution in [2.45, 2.75) is 71.1 Å². The lowest BCUT2D eigenvalue weighted by Gasteiger charge is -2.30. The van der Waals surface area contributed by atoms with Crippen molar-refractivity contribution < 1.29 is 24.3 Å². The van der Waals surface area contributed by atoms with Crippen LogP contribution in [0.15, 0.2) is 0 Å². The van der Waals surface area contributed by atoms with Crippen LogP contribution in [0, 0.1) is 11.8 Å². The first kappa shape index (κ1) is 26.2. The molecule has 9 nitrogen and oxygen atoms in total. The van der Waals surface area contributed by atoms with E-state index in [0.29, 0.717) is 25.8 Å². The smallest absolute Gasteiger partial charge is 0.326 e. The van der Waals surface area contributed by atoms with E-state index in [9.17, 15) is 24.3 Å². The Morgan fingerprint density at radius 3 is 2.20 bits per heavy atom. The third-order valence-electron chi connectivity index (χ3n) is 5.27. The number of amides is 3. The average Bonchev–Trinajstić information content (AvgIpc) is 3.16. The number of rotatable bonds is 11. The first-order chi connectivity index (χ1) is 14.0. The van der Waals surface area contributed by atoms with Crippen LogP contribution in [0.2, 0.25) is 0 Å². The summed E-state index contributed by atoms with van der Waals surface area (Å²) >= 11 is 1.60. The van der Waals surface area contributed by atoms with Crippen molar-refractivity contribution in [3.05, 3.63) is 0 Å². The van der Waals surface area contributed by atoms with E-state index < -0.39 is 42.0 Å². The molecule has 0 aliphatic carbocycles. The molecule has 1 fully saturated rings. The molecule has 4 atom stereocenters. The number of thioether (sulfide) groups is 1. The summed E-state index contributed by atoms with van der Waals surface area (Å²) in [5.74, 6) is -2.15. The van der Waals surface area contributed by atoms with E-state index in [0.717, 1.165) is 5.75 Å². The van der Waals surface area contributed by atoms with Gasteiger partial charge in [0, 0.05) is 6.54 Å². The highest BCUT2D eigenvalue weighted by atomic mass is 32.2. The molecule has 0 aromatic carbocycles. The summed E-state index contributed by atoms with van der Waals surface area (Å²) in [5, 5.41) is 14.6. The molecule has 0 saturated carbocycles. The summed E-state index contributed by atoms with van der Waals surface area (Å²) < 4.78 is 0. The lowest BCUT2D eigenvalue weighted by molar-refractivity contribution is -0.144. The molecule has 10 heteroatoms. The fraction of sp³-hybridized carbons (Fsp3) is 0.800. The maximum Gasteiger partial charge on any atom is 0.326 e. The zero-order chi connectivity index (χ0) is 23.0. The van der Waals surface area contributed by atoms with Gasteiger partial charge in [0.25, 0.3) is 0 Å². The van der Waals surface area contributed by atoms with Gasteiger partial charge in [-0.2, -0.15) is 11.8 Å². The quantitative estimate of drug-likeness (QED) is 0.362. The van der Waals surface area contributed by atoms with Gasteiger partial charge >= 0.3 is 5.97 Å². The number of nitrogens with two attached hydrogens (primary N) is 1. The van der Waals surface area contributed by atoms with Gasteiger partial charge < -0.3 is 26.4 Å². The van der Waals surface area contributed by atoms with Crippen molar-refractivity contribution in [2.75, 3.05) is 18.6 Å². The number of hydrogen-bond donors (Lipinski definition) is 4. The predicted octanol–water partition coefficient (Wildman–Crippen LogP) is 0.424. The number of carbonyl (C=O) groups is 4. The van der Waals surface area contributed by atoms with Gasteiger partial charge in [-0.15, -0.1) is 0 Å². The number of carbonyl (C=O) groups excluding carboxylic acids is 3. The first-order valence-corrected chi connectivity index (χ1v) is 11.8. The van der Waals surface area contributed by atoms with Crippen LogP contribution >= 0.6 is 11.8 Å². The van der Waals surface area contributed by atoms with Crippen molar-refractivity contribution >= 4 is 35.5 Å². The second kappa shape index (κ2) is 12.1. The van der Waals surface area contributed by atoms with E-state index in [4.69, 9.17) is 5.73 Å². The minimum atomic E-state index is -1.13. The Morgan fingerprint density at radius 1 is 1.10 bits per heavy atom. The minimum Gasteiger partial charge on any atom is -0.480 e. The molecule has 0 aromatic heterocycles. The van der Waals surface area contributed by atoms with Gasteiger partial charge in [-0.05, 0) is 43.1 Å². The van der Waals surface area contributed by atoms with E-state index in [1.165, 1.54) is 4.90 Å². The molecule has 1 saturated heterocycles. The Labute approximate surface area is 182 Å².